The lowest BCUT2D eigenvalue weighted by Gasteiger charge is -2.13. The zero-order valence-corrected chi connectivity index (χ0v) is 9.02. The van der Waals surface area contributed by atoms with E-state index in [1.165, 1.54) is 0 Å². The Morgan fingerprint density at radius 2 is 2.40 bits per heavy atom. The Labute approximate surface area is 91.6 Å². The first-order chi connectivity index (χ1) is 7.31. The summed E-state index contributed by atoms with van der Waals surface area (Å²) in [6.45, 7) is 2.05. The number of rotatable bonds is 4. The highest BCUT2D eigenvalue weighted by Crippen LogP contribution is 2.08. The molecule has 2 aromatic heterocycles. The van der Waals surface area contributed by atoms with E-state index in [9.17, 15) is 0 Å². The molecule has 0 aliphatic rings. The minimum absolute atomic E-state index is 0.263. The molecule has 0 fully saturated rings. The Balaban J connectivity index is 2.23. The van der Waals surface area contributed by atoms with E-state index in [1.54, 1.807) is 16.9 Å². The van der Waals surface area contributed by atoms with Gasteiger partial charge in [-0.05, 0) is 23.8 Å². The van der Waals surface area contributed by atoms with Crippen molar-refractivity contribution >= 4 is 23.1 Å². The van der Waals surface area contributed by atoms with E-state index in [0.29, 0.717) is 11.5 Å². The molecule has 6 nitrogen and oxygen atoms in total. The average molecular weight is 227 g/mol. The Kier molecular flexibility index (Phi) is 2.96. The summed E-state index contributed by atoms with van der Waals surface area (Å²) < 4.78 is 1.61. The van der Waals surface area contributed by atoms with E-state index in [2.05, 4.69) is 25.8 Å². The Morgan fingerprint density at radius 3 is 3.20 bits per heavy atom. The fourth-order valence-electron chi connectivity index (χ4n) is 1.26. The van der Waals surface area contributed by atoms with Crippen LogP contribution >= 0.6 is 11.6 Å². The molecule has 1 atom stereocenters. The molecule has 2 aromatic rings. The van der Waals surface area contributed by atoms with Crippen molar-refractivity contribution < 1.29 is 0 Å². The number of hydrogen-bond acceptors (Lipinski definition) is 5. The van der Waals surface area contributed by atoms with Gasteiger partial charge in [0.05, 0.1) is 12.4 Å². The van der Waals surface area contributed by atoms with Gasteiger partial charge < -0.3 is 5.32 Å². The van der Waals surface area contributed by atoms with Crippen molar-refractivity contribution in [2.75, 3.05) is 11.2 Å². The maximum atomic E-state index is 5.66. The van der Waals surface area contributed by atoms with Crippen molar-refractivity contribution in [1.29, 1.82) is 0 Å². The molecule has 2 heterocycles. The molecule has 1 unspecified atom stereocenters. The normalized spacial score (nSPS) is 12.9. The van der Waals surface area contributed by atoms with E-state index in [0.717, 1.165) is 12.2 Å². The lowest BCUT2D eigenvalue weighted by molar-refractivity contribution is 0.743. The fraction of sp³-hybridized carbons (Fsp3) is 0.500. The molecule has 0 amide bonds. The second-order valence-electron chi connectivity index (χ2n) is 3.26. The lowest BCUT2D eigenvalue weighted by Crippen LogP contribution is -2.18. The van der Waals surface area contributed by atoms with E-state index in [4.69, 9.17) is 11.6 Å². The average Bonchev–Trinajstić information content (AvgIpc) is 2.67. The number of tetrazole rings is 1. The number of nitrogens with one attached hydrogen (secondary N) is 1. The first-order valence-electron chi connectivity index (χ1n) is 4.66. The standard InChI is InChI=1S/C8H11ClN6/c1-6(2-3-9)11-7-4-10-5-8-12-13-14-15(7)8/h4-6,11H,2-3H2,1H3. The summed E-state index contributed by atoms with van der Waals surface area (Å²) in [5.74, 6) is 1.39. The number of halogens is 1. The molecule has 80 valence electrons. The van der Waals surface area contributed by atoms with Crippen molar-refractivity contribution in [1.82, 2.24) is 25.0 Å². The summed E-state index contributed by atoms with van der Waals surface area (Å²) in [7, 11) is 0. The number of anilines is 1. The summed E-state index contributed by atoms with van der Waals surface area (Å²) in [5.41, 5.74) is 0.623. The molecule has 0 bridgehead atoms. The van der Waals surface area contributed by atoms with Crippen LogP contribution in [-0.4, -0.2) is 36.9 Å². The first kappa shape index (κ1) is 10.1. The third-order valence-electron chi connectivity index (χ3n) is 2.05. The highest BCUT2D eigenvalue weighted by Gasteiger charge is 2.06. The minimum Gasteiger partial charge on any atom is -0.366 e. The molecule has 0 saturated carbocycles. The zero-order valence-electron chi connectivity index (χ0n) is 8.26. The van der Waals surface area contributed by atoms with Gasteiger partial charge in [-0.3, -0.25) is 4.98 Å². The smallest absolute Gasteiger partial charge is 0.199 e. The van der Waals surface area contributed by atoms with Gasteiger partial charge >= 0.3 is 0 Å². The van der Waals surface area contributed by atoms with Crippen LogP contribution in [0.25, 0.3) is 5.65 Å². The summed E-state index contributed by atoms with van der Waals surface area (Å²) >= 11 is 5.66. The van der Waals surface area contributed by atoms with E-state index in [-0.39, 0.29) is 6.04 Å². The van der Waals surface area contributed by atoms with Crippen LogP contribution in [0.2, 0.25) is 0 Å². The van der Waals surface area contributed by atoms with Crippen LogP contribution in [0, 0.1) is 0 Å². The molecular formula is C8H11ClN6. The molecule has 15 heavy (non-hydrogen) atoms. The molecule has 0 aliphatic heterocycles. The summed E-state index contributed by atoms with van der Waals surface area (Å²) in [6, 6.07) is 0.263. The van der Waals surface area contributed by atoms with Gasteiger partial charge in [0.25, 0.3) is 0 Å². The maximum absolute atomic E-state index is 5.66. The highest BCUT2D eigenvalue weighted by atomic mass is 35.5. The first-order valence-corrected chi connectivity index (χ1v) is 5.19. The monoisotopic (exact) mass is 226 g/mol. The van der Waals surface area contributed by atoms with Crippen molar-refractivity contribution in [3.8, 4) is 0 Å². The molecule has 0 spiro atoms. The van der Waals surface area contributed by atoms with Gasteiger partial charge in [-0.15, -0.1) is 16.7 Å². The second-order valence-corrected chi connectivity index (χ2v) is 3.64. The number of alkyl halides is 1. The van der Waals surface area contributed by atoms with Crippen LogP contribution in [-0.2, 0) is 0 Å². The van der Waals surface area contributed by atoms with Crippen LogP contribution < -0.4 is 5.32 Å². The van der Waals surface area contributed by atoms with Crippen LogP contribution in [0.4, 0.5) is 5.82 Å². The number of aromatic nitrogens is 5. The maximum Gasteiger partial charge on any atom is 0.199 e. The van der Waals surface area contributed by atoms with Crippen molar-refractivity contribution in [2.24, 2.45) is 0 Å². The van der Waals surface area contributed by atoms with Crippen LogP contribution in [0.1, 0.15) is 13.3 Å². The number of nitrogens with zero attached hydrogens (tertiary/aromatic N) is 5. The van der Waals surface area contributed by atoms with Crippen molar-refractivity contribution in [3.05, 3.63) is 12.4 Å². The molecule has 2 rings (SSSR count). The van der Waals surface area contributed by atoms with Crippen LogP contribution in [0.5, 0.6) is 0 Å². The quantitative estimate of drug-likeness (QED) is 0.787. The largest absolute Gasteiger partial charge is 0.366 e. The van der Waals surface area contributed by atoms with Gasteiger partial charge in [0.1, 0.15) is 0 Å². The molecule has 1 N–H and O–H groups in total. The van der Waals surface area contributed by atoms with Crippen molar-refractivity contribution in [2.45, 2.75) is 19.4 Å². The molecule has 0 saturated heterocycles. The van der Waals surface area contributed by atoms with Gasteiger partial charge in [-0.1, -0.05) is 0 Å². The van der Waals surface area contributed by atoms with Gasteiger partial charge in [-0.2, -0.15) is 4.52 Å². The Hall–Kier alpha value is -1.43. The number of fused-ring (bicyclic) bond motifs is 1. The molecular weight excluding hydrogens is 216 g/mol. The number of hydrogen-bond donors (Lipinski definition) is 1. The predicted molar refractivity (Wildman–Crippen MR) is 57.0 cm³/mol. The summed E-state index contributed by atoms with van der Waals surface area (Å²) in [6.07, 6.45) is 4.17. The molecule has 0 radical (unpaired) electrons. The molecule has 7 heteroatoms. The third kappa shape index (κ3) is 2.15. The van der Waals surface area contributed by atoms with E-state index >= 15 is 0 Å². The Morgan fingerprint density at radius 1 is 1.53 bits per heavy atom. The van der Waals surface area contributed by atoms with Gasteiger partial charge in [0.2, 0.25) is 0 Å². The summed E-state index contributed by atoms with van der Waals surface area (Å²) in [5, 5.41) is 14.5. The van der Waals surface area contributed by atoms with Gasteiger partial charge in [-0.25, -0.2) is 0 Å². The zero-order chi connectivity index (χ0) is 10.7. The fourth-order valence-corrected chi connectivity index (χ4v) is 1.59. The predicted octanol–water partition coefficient (Wildman–Crippen LogP) is 0.949. The molecule has 0 aromatic carbocycles. The van der Waals surface area contributed by atoms with Crippen LogP contribution in [0.3, 0.4) is 0 Å². The van der Waals surface area contributed by atoms with E-state index in [1.807, 2.05) is 6.92 Å². The summed E-state index contributed by atoms with van der Waals surface area (Å²) in [4.78, 5) is 4.04. The van der Waals surface area contributed by atoms with Crippen LogP contribution in [0.15, 0.2) is 12.4 Å². The lowest BCUT2D eigenvalue weighted by atomic mass is 10.2. The topological polar surface area (TPSA) is 68.0 Å². The van der Waals surface area contributed by atoms with Gasteiger partial charge in [0.15, 0.2) is 11.5 Å². The highest BCUT2D eigenvalue weighted by molar-refractivity contribution is 6.17. The second kappa shape index (κ2) is 4.39. The molecule has 0 aliphatic carbocycles. The van der Waals surface area contributed by atoms with Crippen molar-refractivity contribution in [3.63, 3.8) is 0 Å². The SMILES string of the molecule is CC(CCCl)Nc1cncc2nnnn12. The minimum atomic E-state index is 0.263. The van der Waals surface area contributed by atoms with E-state index < -0.39 is 0 Å². The third-order valence-corrected chi connectivity index (χ3v) is 2.26. The van der Waals surface area contributed by atoms with Gasteiger partial charge in [0, 0.05) is 11.9 Å². The Bertz CT molecular complexity index is 441.